The molecule has 2 unspecified atom stereocenters. The molecule has 7 N–H and O–H groups in total. The van der Waals surface area contributed by atoms with Crippen molar-refractivity contribution in [2.45, 2.75) is 141 Å². The number of fused-ring (bicyclic) bond motifs is 18. The summed E-state index contributed by atoms with van der Waals surface area (Å²) in [4.78, 5) is 21.3. The Morgan fingerprint density at radius 2 is 1.03 bits per heavy atom. The number of benzene rings is 4. The predicted octanol–water partition coefficient (Wildman–Crippen LogP) is 5.53. The van der Waals surface area contributed by atoms with E-state index in [4.69, 9.17) is 24.7 Å². The molecule has 0 aromatic heterocycles. The Hall–Kier alpha value is -3.59. The summed E-state index contributed by atoms with van der Waals surface area (Å²) >= 11 is 0. The number of piperazine rings is 2. The van der Waals surface area contributed by atoms with Gasteiger partial charge in [-0.15, -0.1) is 0 Å². The van der Waals surface area contributed by atoms with Gasteiger partial charge in [0.1, 0.15) is 35.1 Å². The summed E-state index contributed by atoms with van der Waals surface area (Å²) in [6.07, 6.45) is 2.63. The number of hydrogen-bond acceptors (Lipinski definition) is 16. The number of amides is 1. The molecule has 2 saturated heterocycles. The number of aromatic hydroxyl groups is 4. The van der Waals surface area contributed by atoms with Crippen LogP contribution in [0.3, 0.4) is 0 Å². The first-order valence-electron chi connectivity index (χ1n) is 25.1. The second kappa shape index (κ2) is 20.7. The minimum atomic E-state index is -0.476. The van der Waals surface area contributed by atoms with Gasteiger partial charge in [-0.3, -0.25) is 24.4 Å². The van der Waals surface area contributed by atoms with E-state index in [0.717, 1.165) is 66.8 Å². The summed E-state index contributed by atoms with van der Waals surface area (Å²) in [5.41, 5.74) is 18.7. The minimum Gasteiger partial charge on any atom is -0.507 e. The number of phenolic OH excluding ortho intramolecular Hbond substituents is 4. The van der Waals surface area contributed by atoms with Gasteiger partial charge in [0.05, 0.1) is 36.3 Å². The van der Waals surface area contributed by atoms with Gasteiger partial charge in [-0.25, -0.2) is 0 Å². The zero-order valence-corrected chi connectivity index (χ0v) is 53.0. The first-order valence-corrected chi connectivity index (χ1v) is 25.1. The maximum absolute atomic E-state index is 12.4. The van der Waals surface area contributed by atoms with Gasteiger partial charge < -0.3 is 50.4 Å². The number of nitriles is 2. The number of hydrogen-bond donors (Lipinski definition) is 6. The number of phenols is 4. The number of likely N-dealkylation sites (N-methyl/N-ethyl adjacent to an activating group) is 2. The van der Waals surface area contributed by atoms with Gasteiger partial charge in [-0.2, -0.15) is 10.5 Å². The number of carbonyl (C=O) groups is 1. The van der Waals surface area contributed by atoms with E-state index in [9.17, 15) is 35.7 Å². The molecule has 8 aliphatic rings. The fourth-order valence-electron chi connectivity index (χ4n) is 14.2. The molecular weight excluding hydrogens is 1370 g/mol. The van der Waals surface area contributed by atoms with Crippen LogP contribution in [-0.2, 0) is 30.5 Å². The molecule has 74 heavy (non-hydrogen) atoms. The first kappa shape index (κ1) is 55.2. The van der Waals surface area contributed by atoms with Crippen molar-refractivity contribution in [1.82, 2.24) is 24.9 Å². The zero-order valence-electron chi connectivity index (χ0n) is 43.5. The maximum atomic E-state index is 12.4. The molecule has 8 heterocycles. The van der Waals surface area contributed by atoms with Crippen molar-refractivity contribution < 1.29 is 132 Å². The summed E-state index contributed by atoms with van der Waals surface area (Å²) in [7, 11) is 4.08. The molecule has 8 aliphatic heterocycles. The van der Waals surface area contributed by atoms with E-state index < -0.39 is 18.1 Å². The van der Waals surface area contributed by atoms with Crippen LogP contribution in [0.15, 0.2) is 12.1 Å². The van der Waals surface area contributed by atoms with Crippen molar-refractivity contribution in [3.8, 4) is 58.1 Å². The molecule has 1 amide bonds. The molecule has 4 aromatic rings. The van der Waals surface area contributed by atoms with Crippen LogP contribution in [0.4, 0.5) is 0 Å². The van der Waals surface area contributed by atoms with Crippen molar-refractivity contribution in [2.24, 2.45) is 5.73 Å². The normalized spacial score (nSPS) is 27.4. The van der Waals surface area contributed by atoms with E-state index >= 15 is 0 Å². The second-order valence-corrected chi connectivity index (χ2v) is 21.1. The third kappa shape index (κ3) is 7.98. The number of rotatable bonds is 4. The number of aryl methyl sites for hydroxylation is 2. The topological polar surface area (TPSA) is 233 Å². The molecule has 4 bridgehead atoms. The Morgan fingerprint density at radius 1 is 0.622 bits per heavy atom. The Balaban J connectivity index is 0.000000178. The van der Waals surface area contributed by atoms with Gasteiger partial charge in [0.15, 0.2) is 23.0 Å². The van der Waals surface area contributed by atoms with Gasteiger partial charge in [0.2, 0.25) is 19.5 Å². The molecule has 2 fully saturated rings. The molecule has 2 radical (unpaired) electrons. The Bertz CT molecular complexity index is 3090. The summed E-state index contributed by atoms with van der Waals surface area (Å²) in [5, 5.41) is 69.4. The van der Waals surface area contributed by atoms with Gasteiger partial charge in [-0.05, 0) is 115 Å². The molecule has 10 atom stereocenters. The van der Waals surface area contributed by atoms with Crippen LogP contribution in [0.5, 0.6) is 46.0 Å². The molecule has 4 aromatic carbocycles. The summed E-state index contributed by atoms with van der Waals surface area (Å²) < 4.78 is 23.3. The fraction of sp³-hybridized carbons (Fsp3) is 0.509. The third-order valence-corrected chi connectivity index (χ3v) is 18.0. The van der Waals surface area contributed by atoms with Crippen LogP contribution in [0.1, 0.15) is 115 Å². The van der Waals surface area contributed by atoms with E-state index in [1.807, 2.05) is 55.6 Å². The molecule has 0 aliphatic carbocycles. The van der Waals surface area contributed by atoms with Gasteiger partial charge in [0, 0.05) is 176 Å². The number of nitrogens with zero attached hydrogens (tertiary/aromatic N) is 6. The summed E-state index contributed by atoms with van der Waals surface area (Å²) in [6, 6.07) is 7.03. The van der Waals surface area contributed by atoms with Gasteiger partial charge in [-0.1, -0.05) is 19.1 Å². The monoisotopic (exact) mass is 1430 g/mol. The number of ether oxygens (including phenoxy) is 4. The molecular formula is C55H64Ac2N8O9. The number of nitrogens with one attached hydrogen (secondary N) is 1. The van der Waals surface area contributed by atoms with Gasteiger partial charge >= 0.3 is 0 Å². The molecule has 0 spiro atoms. The van der Waals surface area contributed by atoms with Gasteiger partial charge in [0.25, 0.3) is 0 Å². The predicted molar refractivity (Wildman–Crippen MR) is 264 cm³/mol. The smallest absolute Gasteiger partial charge is 0.231 e. The summed E-state index contributed by atoms with van der Waals surface area (Å²) in [5.74, 6) is 3.21. The van der Waals surface area contributed by atoms with Crippen molar-refractivity contribution in [3.05, 3.63) is 90.0 Å². The fourth-order valence-corrected chi connectivity index (χ4v) is 14.2. The molecule has 12 rings (SSSR count). The van der Waals surface area contributed by atoms with Crippen molar-refractivity contribution in [2.75, 3.05) is 40.8 Å². The SMILES string of the molecule is CCC(=O)NC[C@H]1c2c(c(O)c(C)c3c2OCO3)CC2[C@H]3c4c(cc(C)c(C)c4O)C[C@@H]([C@H](C#N)N21)N3C.Cc1cc2c(c(O)c1C)[C@@H]1C3Cc4c(O)c(C)c5c(c4[C@H](CN)N3[C@@H](C#N)[C@H](C2)N1C)OCO5.[Ac].[Ac]. The van der Waals surface area contributed by atoms with Crippen LogP contribution in [0.25, 0.3) is 0 Å². The van der Waals surface area contributed by atoms with E-state index in [0.29, 0.717) is 77.7 Å². The molecule has 0 saturated carbocycles. The van der Waals surface area contributed by atoms with E-state index in [2.05, 4.69) is 49.2 Å². The number of nitrogens with two attached hydrogens (primary N) is 1. The maximum Gasteiger partial charge on any atom is 0.231 e. The van der Waals surface area contributed by atoms with E-state index in [1.165, 1.54) is 0 Å². The number of carbonyl (C=O) groups excluding carboxylic acids is 1. The van der Waals surface area contributed by atoms with Crippen LogP contribution in [0, 0.1) is 152 Å². The second-order valence-electron chi connectivity index (χ2n) is 21.1. The van der Waals surface area contributed by atoms with Crippen LogP contribution >= 0.6 is 0 Å². The Labute approximate surface area is 503 Å². The average molecular weight is 1440 g/mol. The van der Waals surface area contributed by atoms with Crippen LogP contribution in [0.2, 0.25) is 0 Å². The van der Waals surface area contributed by atoms with Crippen LogP contribution < -0.4 is 30.0 Å². The molecule has 384 valence electrons. The minimum absolute atomic E-state index is 0. The first-order chi connectivity index (χ1) is 34.5. The van der Waals surface area contributed by atoms with Crippen molar-refractivity contribution in [1.29, 1.82) is 10.5 Å². The van der Waals surface area contributed by atoms with Crippen molar-refractivity contribution in [3.63, 3.8) is 0 Å². The quantitative estimate of drug-likeness (QED) is 0.147. The molecule has 17 nitrogen and oxygen atoms in total. The van der Waals surface area contributed by atoms with Crippen LogP contribution in [-0.4, -0.2) is 123 Å². The van der Waals surface area contributed by atoms with E-state index in [1.54, 1.807) is 6.92 Å². The standard InChI is InChI=1S/C29H34N4O5.C26H30N4O4.2Ac/c1-6-22(34)31-11-21-24-17(26(35)15(4)28-29(24)38-12-37-28)9-19-25-23-16(7-13(2)14(3)27(23)36)8-18(32(25)5)20(10-30)33(19)21;1-11-5-14-6-16-18(8-27)30-17(22(29(16)4)20(14)24(32)12(11)2)7-15-21(19(30)9-28)26-25(33-10-34-26)13(3)23(15)31;;/h7,18-21,25,35-36H,6,8-9,11-12H2,1-5H3,(H,31,34);5,16-19,22,31-32H,6-7,9-10,28H2,1-4H3;;/t18-,19?,20-,21-,25-;16-,17?,18-,19-,22-;;/m00../s1. The molecule has 19 heteroatoms. The zero-order chi connectivity index (χ0) is 51.1. The largest absolute Gasteiger partial charge is 0.507 e. The average Bonchev–Trinajstić information content (AvgIpc) is 4.07. The van der Waals surface area contributed by atoms with Crippen molar-refractivity contribution >= 4 is 5.91 Å². The Morgan fingerprint density at radius 3 is 1.43 bits per heavy atom. The third-order valence-electron chi connectivity index (χ3n) is 18.0. The Kier molecular flexibility index (Phi) is 15.4. The summed E-state index contributed by atoms with van der Waals surface area (Å²) in [6.45, 7) is 14.1. The van der Waals surface area contributed by atoms with E-state index in [-0.39, 0.29) is 174 Å².